The number of nitrogens with one attached hydrogen (secondary N) is 1. The Kier molecular flexibility index (Phi) is 4.19. The molecule has 25 heavy (non-hydrogen) atoms. The minimum absolute atomic E-state index is 0.0247. The molecule has 4 rings (SSSR count). The van der Waals surface area contributed by atoms with Gasteiger partial charge in [0, 0.05) is 24.8 Å². The van der Waals surface area contributed by atoms with E-state index in [1.165, 1.54) is 18.5 Å². The minimum atomic E-state index is -0.302. The van der Waals surface area contributed by atoms with Gasteiger partial charge in [-0.15, -0.1) is 0 Å². The lowest BCUT2D eigenvalue weighted by atomic mass is 10.0. The van der Waals surface area contributed by atoms with Crippen molar-refractivity contribution in [1.82, 2.24) is 19.6 Å². The van der Waals surface area contributed by atoms with Gasteiger partial charge in [0.15, 0.2) is 0 Å². The second-order valence-corrected chi connectivity index (χ2v) is 5.91. The van der Waals surface area contributed by atoms with Crippen LogP contribution in [0, 0.1) is 5.82 Å². The second-order valence-electron chi connectivity index (χ2n) is 5.91. The van der Waals surface area contributed by atoms with Crippen LogP contribution in [0.3, 0.4) is 0 Å². The van der Waals surface area contributed by atoms with Crippen LogP contribution in [0.15, 0.2) is 30.6 Å². The summed E-state index contributed by atoms with van der Waals surface area (Å²) < 4.78 is 26.1. The molecule has 8 heteroatoms. The summed E-state index contributed by atoms with van der Waals surface area (Å²) in [6.07, 6.45) is 3.19. The SMILES string of the molecule is COCc1cc(NC2CCCOc3cc(F)ccc32)n2ncnc2n1. The van der Waals surface area contributed by atoms with Crippen LogP contribution >= 0.6 is 0 Å². The van der Waals surface area contributed by atoms with E-state index in [4.69, 9.17) is 9.47 Å². The first kappa shape index (κ1) is 15.8. The maximum Gasteiger partial charge on any atom is 0.254 e. The van der Waals surface area contributed by atoms with Crippen LogP contribution in [0.25, 0.3) is 5.78 Å². The molecule has 1 aliphatic heterocycles. The second kappa shape index (κ2) is 6.64. The van der Waals surface area contributed by atoms with E-state index >= 15 is 0 Å². The van der Waals surface area contributed by atoms with Crippen LogP contribution in [0.1, 0.15) is 30.1 Å². The Morgan fingerprint density at radius 1 is 1.40 bits per heavy atom. The number of nitrogens with zero attached hydrogens (tertiary/aromatic N) is 4. The predicted octanol–water partition coefficient (Wildman–Crippen LogP) is 2.74. The van der Waals surface area contributed by atoms with Crippen LogP contribution in [-0.4, -0.2) is 33.3 Å². The highest BCUT2D eigenvalue weighted by Gasteiger charge is 2.21. The van der Waals surface area contributed by atoms with Gasteiger partial charge in [-0.1, -0.05) is 6.07 Å². The molecule has 1 aromatic carbocycles. The van der Waals surface area contributed by atoms with E-state index in [0.29, 0.717) is 24.7 Å². The van der Waals surface area contributed by atoms with Crippen molar-refractivity contribution in [1.29, 1.82) is 0 Å². The van der Waals surface area contributed by atoms with Crippen molar-refractivity contribution >= 4 is 11.6 Å². The van der Waals surface area contributed by atoms with Gasteiger partial charge in [-0.05, 0) is 18.9 Å². The smallest absolute Gasteiger partial charge is 0.254 e. The van der Waals surface area contributed by atoms with E-state index in [2.05, 4.69) is 20.4 Å². The third kappa shape index (κ3) is 3.12. The average Bonchev–Trinajstić information content (AvgIpc) is 2.98. The minimum Gasteiger partial charge on any atom is -0.493 e. The molecule has 1 N–H and O–H groups in total. The van der Waals surface area contributed by atoms with Crippen molar-refractivity contribution in [3.8, 4) is 5.75 Å². The van der Waals surface area contributed by atoms with Gasteiger partial charge in [0.2, 0.25) is 0 Å². The third-order valence-electron chi connectivity index (χ3n) is 4.16. The first-order valence-corrected chi connectivity index (χ1v) is 8.12. The summed E-state index contributed by atoms with van der Waals surface area (Å²) in [5.41, 5.74) is 1.69. The van der Waals surface area contributed by atoms with E-state index in [1.807, 2.05) is 6.07 Å². The van der Waals surface area contributed by atoms with Gasteiger partial charge in [0.1, 0.15) is 23.7 Å². The van der Waals surface area contributed by atoms with Crippen molar-refractivity contribution in [3.63, 3.8) is 0 Å². The molecule has 0 spiro atoms. The van der Waals surface area contributed by atoms with Gasteiger partial charge in [-0.2, -0.15) is 14.6 Å². The maximum atomic E-state index is 13.5. The van der Waals surface area contributed by atoms with Gasteiger partial charge in [0.25, 0.3) is 5.78 Å². The molecule has 3 heterocycles. The standard InChI is InChI=1S/C17H18FN5O2/c1-24-9-12-8-16(23-17(21-12)19-10-20-23)22-14-3-2-6-25-15-7-11(18)4-5-13(14)15/h4-5,7-8,10,14,22H,2-3,6,9H2,1H3. The molecule has 3 aromatic rings. The molecule has 7 nitrogen and oxygen atoms in total. The highest BCUT2D eigenvalue weighted by Crippen LogP contribution is 2.34. The summed E-state index contributed by atoms with van der Waals surface area (Å²) in [5, 5.41) is 7.71. The molecule has 0 aliphatic carbocycles. The zero-order valence-corrected chi connectivity index (χ0v) is 13.8. The summed E-state index contributed by atoms with van der Waals surface area (Å²) >= 11 is 0. The molecule has 0 saturated carbocycles. The van der Waals surface area contributed by atoms with Gasteiger partial charge >= 0.3 is 0 Å². The van der Waals surface area contributed by atoms with E-state index in [-0.39, 0.29) is 11.9 Å². The van der Waals surface area contributed by atoms with Gasteiger partial charge in [0.05, 0.1) is 24.9 Å². The molecule has 0 amide bonds. The maximum absolute atomic E-state index is 13.5. The lowest BCUT2D eigenvalue weighted by Crippen LogP contribution is -2.14. The normalized spacial score (nSPS) is 17.0. The molecule has 0 bridgehead atoms. The van der Waals surface area contributed by atoms with Gasteiger partial charge in [-0.3, -0.25) is 0 Å². The average molecular weight is 343 g/mol. The Hall–Kier alpha value is -2.74. The number of hydrogen-bond donors (Lipinski definition) is 1. The number of fused-ring (bicyclic) bond motifs is 2. The molecule has 130 valence electrons. The Balaban J connectivity index is 1.72. The third-order valence-corrected chi connectivity index (χ3v) is 4.16. The number of rotatable bonds is 4. The zero-order chi connectivity index (χ0) is 17.2. The number of anilines is 1. The van der Waals surface area contributed by atoms with E-state index in [0.717, 1.165) is 29.9 Å². The van der Waals surface area contributed by atoms with E-state index in [1.54, 1.807) is 17.7 Å². The number of benzene rings is 1. The molecule has 1 aliphatic rings. The fraction of sp³-hybridized carbons (Fsp3) is 0.353. The van der Waals surface area contributed by atoms with Crippen molar-refractivity contribution in [3.05, 3.63) is 47.7 Å². The fourth-order valence-electron chi connectivity index (χ4n) is 3.06. The van der Waals surface area contributed by atoms with Crippen LogP contribution in [0.4, 0.5) is 10.2 Å². The lowest BCUT2D eigenvalue weighted by Gasteiger charge is -2.20. The Bertz CT molecular complexity index is 898. The van der Waals surface area contributed by atoms with E-state index in [9.17, 15) is 4.39 Å². The fourth-order valence-corrected chi connectivity index (χ4v) is 3.06. The number of halogens is 1. The molecule has 1 atom stereocenters. The first-order valence-electron chi connectivity index (χ1n) is 8.12. The van der Waals surface area contributed by atoms with Crippen molar-refractivity contribution in [2.45, 2.75) is 25.5 Å². The highest BCUT2D eigenvalue weighted by atomic mass is 19.1. The molecule has 0 radical (unpaired) electrons. The topological polar surface area (TPSA) is 73.6 Å². The molecule has 0 saturated heterocycles. The number of hydrogen-bond acceptors (Lipinski definition) is 6. The summed E-state index contributed by atoms with van der Waals surface area (Å²) in [6, 6.07) is 6.52. The molecule has 1 unspecified atom stereocenters. The summed E-state index contributed by atoms with van der Waals surface area (Å²) in [4.78, 5) is 8.56. The number of aromatic nitrogens is 4. The van der Waals surface area contributed by atoms with Gasteiger partial charge in [-0.25, -0.2) is 9.37 Å². The highest BCUT2D eigenvalue weighted by molar-refractivity contribution is 5.49. The first-order chi connectivity index (χ1) is 12.2. The molecular weight excluding hydrogens is 325 g/mol. The monoisotopic (exact) mass is 343 g/mol. The predicted molar refractivity (Wildman–Crippen MR) is 89.0 cm³/mol. The molecular formula is C17H18FN5O2. The van der Waals surface area contributed by atoms with Crippen molar-refractivity contribution < 1.29 is 13.9 Å². The Morgan fingerprint density at radius 2 is 2.32 bits per heavy atom. The summed E-state index contributed by atoms with van der Waals surface area (Å²) in [6.45, 7) is 0.951. The quantitative estimate of drug-likeness (QED) is 0.785. The van der Waals surface area contributed by atoms with Crippen molar-refractivity contribution in [2.75, 3.05) is 19.0 Å². The van der Waals surface area contributed by atoms with Crippen molar-refractivity contribution in [2.24, 2.45) is 0 Å². The zero-order valence-electron chi connectivity index (χ0n) is 13.8. The number of methoxy groups -OCH3 is 1. The lowest BCUT2D eigenvalue weighted by molar-refractivity contribution is 0.181. The molecule has 0 fully saturated rings. The van der Waals surface area contributed by atoms with Crippen LogP contribution in [0.2, 0.25) is 0 Å². The Morgan fingerprint density at radius 3 is 3.20 bits per heavy atom. The van der Waals surface area contributed by atoms with Gasteiger partial charge < -0.3 is 14.8 Å². The van der Waals surface area contributed by atoms with Crippen LogP contribution < -0.4 is 10.1 Å². The molecule has 2 aromatic heterocycles. The van der Waals surface area contributed by atoms with Crippen LogP contribution in [-0.2, 0) is 11.3 Å². The Labute approximate surface area is 143 Å². The largest absolute Gasteiger partial charge is 0.493 e. The summed E-state index contributed by atoms with van der Waals surface area (Å²) in [7, 11) is 1.62. The number of ether oxygens (including phenoxy) is 2. The van der Waals surface area contributed by atoms with Crippen LogP contribution in [0.5, 0.6) is 5.75 Å². The van der Waals surface area contributed by atoms with E-state index < -0.39 is 0 Å². The summed E-state index contributed by atoms with van der Waals surface area (Å²) in [5.74, 6) is 1.54.